The van der Waals surface area contributed by atoms with Crippen molar-refractivity contribution in [2.24, 2.45) is 4.99 Å². The zero-order valence-corrected chi connectivity index (χ0v) is 14.3. The molecule has 1 aromatic carbocycles. The first kappa shape index (κ1) is 17.2. The van der Waals surface area contributed by atoms with E-state index in [4.69, 9.17) is 4.74 Å². The van der Waals surface area contributed by atoms with Crippen LogP contribution in [0.3, 0.4) is 0 Å². The molecule has 132 valence electrons. The van der Waals surface area contributed by atoms with Crippen molar-refractivity contribution in [3.8, 4) is 0 Å². The van der Waals surface area contributed by atoms with Crippen LogP contribution in [0.5, 0.6) is 0 Å². The molecule has 1 aromatic rings. The summed E-state index contributed by atoms with van der Waals surface area (Å²) in [6.07, 6.45) is 3.52. The van der Waals surface area contributed by atoms with Crippen molar-refractivity contribution in [3.05, 3.63) is 35.6 Å². The summed E-state index contributed by atoms with van der Waals surface area (Å²) in [5, 5.41) is 6.60. The Morgan fingerprint density at radius 1 is 1.42 bits per heavy atom. The van der Waals surface area contributed by atoms with Gasteiger partial charge in [-0.05, 0) is 43.5 Å². The van der Waals surface area contributed by atoms with E-state index in [1.165, 1.54) is 25.5 Å². The van der Waals surface area contributed by atoms with E-state index in [2.05, 4.69) is 20.5 Å². The summed E-state index contributed by atoms with van der Waals surface area (Å²) < 4.78 is 19.1. The molecule has 2 aliphatic rings. The molecule has 2 atom stereocenters. The summed E-state index contributed by atoms with van der Waals surface area (Å²) in [5.74, 6) is 0.572. The van der Waals surface area contributed by atoms with Crippen LogP contribution in [0.2, 0.25) is 0 Å². The van der Waals surface area contributed by atoms with Crippen LogP contribution in [0.25, 0.3) is 0 Å². The van der Waals surface area contributed by atoms with E-state index < -0.39 is 0 Å². The van der Waals surface area contributed by atoms with Crippen molar-refractivity contribution >= 4 is 5.96 Å². The third-order valence-electron chi connectivity index (χ3n) is 4.78. The van der Waals surface area contributed by atoms with Gasteiger partial charge in [0.2, 0.25) is 0 Å². The molecule has 0 spiro atoms. The number of guanidine groups is 1. The topological polar surface area (TPSA) is 48.9 Å². The molecule has 0 amide bonds. The van der Waals surface area contributed by atoms with Gasteiger partial charge in [-0.3, -0.25) is 9.89 Å². The van der Waals surface area contributed by atoms with Crippen molar-refractivity contribution in [2.45, 2.75) is 31.4 Å². The normalized spacial score (nSPS) is 24.7. The average Bonchev–Trinajstić information content (AvgIpc) is 3.05. The van der Waals surface area contributed by atoms with E-state index in [1.54, 1.807) is 19.2 Å². The van der Waals surface area contributed by atoms with Gasteiger partial charge in [0, 0.05) is 32.7 Å². The molecule has 2 saturated heterocycles. The van der Waals surface area contributed by atoms with Gasteiger partial charge in [-0.25, -0.2) is 4.39 Å². The Kier molecular flexibility index (Phi) is 6.04. The quantitative estimate of drug-likeness (QED) is 0.631. The number of nitrogens with zero attached hydrogens (tertiary/aromatic N) is 2. The first-order valence-electron chi connectivity index (χ1n) is 8.79. The van der Waals surface area contributed by atoms with E-state index in [1.807, 2.05) is 6.07 Å². The molecule has 0 radical (unpaired) electrons. The Morgan fingerprint density at radius 3 is 3.17 bits per heavy atom. The third-order valence-corrected chi connectivity index (χ3v) is 4.78. The van der Waals surface area contributed by atoms with E-state index in [0.717, 1.165) is 37.6 Å². The van der Waals surface area contributed by atoms with Crippen LogP contribution in [0.15, 0.2) is 29.3 Å². The van der Waals surface area contributed by atoms with Crippen molar-refractivity contribution < 1.29 is 9.13 Å². The smallest absolute Gasteiger partial charge is 0.191 e. The van der Waals surface area contributed by atoms with Gasteiger partial charge in [-0.1, -0.05) is 12.1 Å². The van der Waals surface area contributed by atoms with E-state index >= 15 is 0 Å². The lowest BCUT2D eigenvalue weighted by molar-refractivity contribution is -0.0453. The van der Waals surface area contributed by atoms with E-state index in [9.17, 15) is 4.39 Å². The van der Waals surface area contributed by atoms with E-state index in [0.29, 0.717) is 12.6 Å². The second-order valence-electron chi connectivity index (χ2n) is 6.51. The fourth-order valence-corrected chi connectivity index (χ4v) is 3.46. The van der Waals surface area contributed by atoms with Crippen molar-refractivity contribution in [3.63, 3.8) is 0 Å². The number of fused-ring (bicyclic) bond motifs is 1. The molecule has 6 heteroatoms. The Morgan fingerprint density at radius 2 is 2.33 bits per heavy atom. The maximum Gasteiger partial charge on any atom is 0.191 e. The fourth-order valence-electron chi connectivity index (χ4n) is 3.46. The highest BCUT2D eigenvalue weighted by molar-refractivity contribution is 5.79. The van der Waals surface area contributed by atoms with Gasteiger partial charge in [0.1, 0.15) is 5.82 Å². The number of hydrogen-bond acceptors (Lipinski definition) is 3. The molecular weight excluding hydrogens is 307 g/mol. The minimum absolute atomic E-state index is 0.190. The van der Waals surface area contributed by atoms with E-state index in [-0.39, 0.29) is 11.9 Å². The lowest BCUT2D eigenvalue weighted by Crippen LogP contribution is -2.51. The number of rotatable bonds is 5. The minimum atomic E-state index is -0.190. The molecule has 2 unspecified atom stereocenters. The summed E-state index contributed by atoms with van der Waals surface area (Å²) >= 11 is 0. The number of ether oxygens (including phenoxy) is 1. The molecule has 2 N–H and O–H groups in total. The zero-order chi connectivity index (χ0) is 16.8. The zero-order valence-electron chi connectivity index (χ0n) is 14.3. The van der Waals surface area contributed by atoms with Crippen LogP contribution in [0, 0.1) is 5.82 Å². The van der Waals surface area contributed by atoms with Gasteiger partial charge in [-0.2, -0.15) is 0 Å². The highest BCUT2D eigenvalue weighted by Crippen LogP contribution is 2.22. The average molecular weight is 334 g/mol. The van der Waals surface area contributed by atoms with Crippen molar-refractivity contribution in [1.82, 2.24) is 15.5 Å². The van der Waals surface area contributed by atoms with Crippen molar-refractivity contribution in [1.29, 1.82) is 0 Å². The molecule has 0 aromatic heterocycles. The largest absolute Gasteiger partial charge is 0.373 e. The lowest BCUT2D eigenvalue weighted by atomic mass is 10.1. The Balaban J connectivity index is 1.37. The maximum atomic E-state index is 13.2. The Labute approximate surface area is 143 Å². The second kappa shape index (κ2) is 8.44. The van der Waals surface area contributed by atoms with Gasteiger partial charge in [0.25, 0.3) is 0 Å². The number of nitrogens with one attached hydrogen (secondary N) is 2. The summed E-state index contributed by atoms with van der Waals surface area (Å²) in [6.45, 7) is 4.51. The summed E-state index contributed by atoms with van der Waals surface area (Å²) in [5.41, 5.74) is 0.980. The predicted octanol–water partition coefficient (Wildman–Crippen LogP) is 1.40. The third kappa shape index (κ3) is 4.68. The van der Waals surface area contributed by atoms with Crippen molar-refractivity contribution in [2.75, 3.05) is 39.8 Å². The molecule has 2 aliphatic heterocycles. The summed E-state index contributed by atoms with van der Waals surface area (Å²) in [4.78, 5) is 6.78. The highest BCUT2D eigenvalue weighted by atomic mass is 19.1. The predicted molar refractivity (Wildman–Crippen MR) is 93.8 cm³/mol. The van der Waals surface area contributed by atoms with Crippen LogP contribution in [-0.2, 0) is 11.2 Å². The van der Waals surface area contributed by atoms with Crippen LogP contribution in [-0.4, -0.2) is 62.8 Å². The molecule has 0 bridgehead atoms. The van der Waals surface area contributed by atoms with Gasteiger partial charge in [-0.15, -0.1) is 0 Å². The SMILES string of the molecule is CN=C(NCCc1cccc(F)c1)NCC1CN2CCCC2CO1. The highest BCUT2D eigenvalue weighted by Gasteiger charge is 2.32. The van der Waals surface area contributed by atoms with Gasteiger partial charge >= 0.3 is 0 Å². The standard InChI is InChI=1S/C18H27FN4O/c1-20-18(21-8-7-14-4-2-5-15(19)10-14)22-11-17-12-23-9-3-6-16(23)13-24-17/h2,4-5,10,16-17H,3,6-9,11-13H2,1H3,(H2,20,21,22). The Bertz CT molecular complexity index is 566. The van der Waals surface area contributed by atoms with Gasteiger partial charge in [0.05, 0.1) is 12.7 Å². The molecular formula is C18H27FN4O. The lowest BCUT2D eigenvalue weighted by Gasteiger charge is -2.35. The fraction of sp³-hybridized carbons (Fsp3) is 0.611. The molecule has 0 aliphatic carbocycles. The molecule has 2 heterocycles. The summed E-state index contributed by atoms with van der Waals surface area (Å²) in [7, 11) is 1.76. The van der Waals surface area contributed by atoms with Crippen LogP contribution >= 0.6 is 0 Å². The molecule has 0 saturated carbocycles. The number of benzene rings is 1. The van der Waals surface area contributed by atoms with Crippen LogP contribution < -0.4 is 10.6 Å². The summed E-state index contributed by atoms with van der Waals surface area (Å²) in [6, 6.07) is 7.34. The maximum absolute atomic E-state index is 13.2. The minimum Gasteiger partial charge on any atom is -0.373 e. The molecule has 24 heavy (non-hydrogen) atoms. The molecule has 5 nitrogen and oxygen atoms in total. The first-order valence-corrected chi connectivity index (χ1v) is 8.79. The first-order chi connectivity index (χ1) is 11.7. The van der Waals surface area contributed by atoms with Crippen LogP contribution in [0.4, 0.5) is 4.39 Å². The monoisotopic (exact) mass is 334 g/mol. The number of hydrogen-bond donors (Lipinski definition) is 2. The van der Waals surface area contributed by atoms with Crippen LogP contribution in [0.1, 0.15) is 18.4 Å². The molecule has 3 rings (SSSR count). The Hall–Kier alpha value is -1.66. The van der Waals surface area contributed by atoms with Gasteiger partial charge in [0.15, 0.2) is 5.96 Å². The number of morpholine rings is 1. The molecule has 2 fully saturated rings. The number of halogens is 1. The second-order valence-corrected chi connectivity index (χ2v) is 6.51. The van der Waals surface area contributed by atoms with Gasteiger partial charge < -0.3 is 15.4 Å². The number of aliphatic imine (C=N–C) groups is 1.